The number of nitrogens with zero attached hydrogens (tertiary/aromatic N) is 2. The molecular formula is C16H24N4O3S. The van der Waals surface area contributed by atoms with Gasteiger partial charge in [0, 0.05) is 12.1 Å². The first-order chi connectivity index (χ1) is 11.5. The fraction of sp³-hybridized carbons (Fsp3) is 0.688. The van der Waals surface area contributed by atoms with Crippen LogP contribution in [0.25, 0.3) is 0 Å². The van der Waals surface area contributed by atoms with Crippen molar-refractivity contribution in [1.29, 1.82) is 0 Å². The predicted molar refractivity (Wildman–Crippen MR) is 91.7 cm³/mol. The Morgan fingerprint density at radius 1 is 1.00 bits per heavy atom. The number of hydrogen-bond donors (Lipinski definition) is 2. The SMILES string of the molecule is O=C(NC1CCCCCC1)c1cnc(NC2CCS(=O)(=O)C2)cn1. The van der Waals surface area contributed by atoms with Crippen molar-refractivity contribution in [2.75, 3.05) is 16.8 Å². The van der Waals surface area contributed by atoms with Crippen molar-refractivity contribution in [3.63, 3.8) is 0 Å². The van der Waals surface area contributed by atoms with Crippen LogP contribution >= 0.6 is 0 Å². The minimum Gasteiger partial charge on any atom is -0.365 e. The summed E-state index contributed by atoms with van der Waals surface area (Å²) >= 11 is 0. The average molecular weight is 352 g/mol. The third-order valence-electron chi connectivity index (χ3n) is 4.66. The molecule has 0 radical (unpaired) electrons. The van der Waals surface area contributed by atoms with Gasteiger partial charge in [0.25, 0.3) is 5.91 Å². The number of carbonyl (C=O) groups excluding carboxylic acids is 1. The second-order valence-corrected chi connectivity index (χ2v) is 8.92. The monoisotopic (exact) mass is 352 g/mol. The summed E-state index contributed by atoms with van der Waals surface area (Å²) in [5, 5.41) is 6.11. The van der Waals surface area contributed by atoms with E-state index in [1.165, 1.54) is 25.2 Å². The Morgan fingerprint density at radius 3 is 2.33 bits per heavy atom. The van der Waals surface area contributed by atoms with Crippen molar-refractivity contribution < 1.29 is 13.2 Å². The summed E-state index contributed by atoms with van der Waals surface area (Å²) in [4.78, 5) is 20.6. The van der Waals surface area contributed by atoms with E-state index in [1.807, 2.05) is 0 Å². The van der Waals surface area contributed by atoms with Crippen molar-refractivity contribution in [2.24, 2.45) is 0 Å². The number of nitrogens with one attached hydrogen (secondary N) is 2. The number of anilines is 1. The van der Waals surface area contributed by atoms with Crippen LogP contribution in [0.15, 0.2) is 12.4 Å². The summed E-state index contributed by atoms with van der Waals surface area (Å²) in [6.45, 7) is 0. The number of hydrogen-bond acceptors (Lipinski definition) is 6. The van der Waals surface area contributed by atoms with E-state index in [9.17, 15) is 13.2 Å². The molecule has 1 atom stereocenters. The number of rotatable bonds is 4. The average Bonchev–Trinajstić information content (AvgIpc) is 2.75. The van der Waals surface area contributed by atoms with E-state index in [1.54, 1.807) is 0 Å². The Hall–Kier alpha value is -1.70. The van der Waals surface area contributed by atoms with Crippen LogP contribution in [0, 0.1) is 0 Å². The topological polar surface area (TPSA) is 101 Å². The van der Waals surface area contributed by atoms with Crippen molar-refractivity contribution in [3.8, 4) is 0 Å². The molecule has 1 aliphatic carbocycles. The Kier molecular flexibility index (Phi) is 5.33. The van der Waals surface area contributed by atoms with Gasteiger partial charge in [-0.3, -0.25) is 4.79 Å². The summed E-state index contributed by atoms with van der Waals surface area (Å²) < 4.78 is 22.9. The molecule has 24 heavy (non-hydrogen) atoms. The molecule has 2 N–H and O–H groups in total. The lowest BCUT2D eigenvalue weighted by Crippen LogP contribution is -2.35. The third-order valence-corrected chi connectivity index (χ3v) is 6.43. The number of sulfone groups is 1. The zero-order chi connectivity index (χ0) is 17.0. The smallest absolute Gasteiger partial charge is 0.271 e. The summed E-state index contributed by atoms with van der Waals surface area (Å²) in [6.07, 6.45) is 10.4. The van der Waals surface area contributed by atoms with E-state index in [0.29, 0.717) is 17.9 Å². The Morgan fingerprint density at radius 2 is 1.75 bits per heavy atom. The minimum atomic E-state index is -2.93. The van der Waals surface area contributed by atoms with Gasteiger partial charge >= 0.3 is 0 Å². The van der Waals surface area contributed by atoms with E-state index < -0.39 is 9.84 Å². The first-order valence-corrected chi connectivity index (χ1v) is 10.4. The fourth-order valence-electron chi connectivity index (χ4n) is 3.32. The summed E-state index contributed by atoms with van der Waals surface area (Å²) in [5.41, 5.74) is 0.295. The molecule has 8 heteroatoms. The summed E-state index contributed by atoms with van der Waals surface area (Å²) in [6, 6.07) is 0.0956. The molecule has 1 saturated heterocycles. The Balaban J connectivity index is 1.54. The molecule has 2 heterocycles. The van der Waals surface area contributed by atoms with Crippen LogP contribution in [-0.4, -0.2) is 47.9 Å². The van der Waals surface area contributed by atoms with Gasteiger partial charge in [-0.1, -0.05) is 25.7 Å². The maximum absolute atomic E-state index is 12.3. The number of carbonyl (C=O) groups is 1. The first-order valence-electron chi connectivity index (χ1n) is 8.62. The van der Waals surface area contributed by atoms with E-state index in [2.05, 4.69) is 20.6 Å². The van der Waals surface area contributed by atoms with Crippen molar-refractivity contribution in [3.05, 3.63) is 18.1 Å². The maximum Gasteiger partial charge on any atom is 0.271 e. The van der Waals surface area contributed by atoms with E-state index in [-0.39, 0.29) is 29.5 Å². The van der Waals surface area contributed by atoms with Crippen LogP contribution in [0.1, 0.15) is 55.4 Å². The highest BCUT2D eigenvalue weighted by atomic mass is 32.2. The molecule has 0 bridgehead atoms. The lowest BCUT2D eigenvalue weighted by Gasteiger charge is -2.16. The second-order valence-electron chi connectivity index (χ2n) is 6.69. The van der Waals surface area contributed by atoms with Gasteiger partial charge in [0.2, 0.25) is 0 Å². The lowest BCUT2D eigenvalue weighted by molar-refractivity contribution is 0.0928. The molecule has 3 rings (SSSR count). The normalized spacial score (nSPS) is 24.2. The van der Waals surface area contributed by atoms with Gasteiger partial charge in [0.1, 0.15) is 11.5 Å². The molecule has 1 aromatic heterocycles. The molecule has 1 unspecified atom stereocenters. The molecule has 1 amide bonds. The lowest BCUT2D eigenvalue weighted by atomic mass is 10.1. The van der Waals surface area contributed by atoms with Crippen LogP contribution in [0.4, 0.5) is 5.82 Å². The molecule has 1 aliphatic heterocycles. The zero-order valence-corrected chi connectivity index (χ0v) is 14.5. The highest BCUT2D eigenvalue weighted by Gasteiger charge is 2.28. The van der Waals surface area contributed by atoms with Gasteiger partial charge < -0.3 is 10.6 Å². The first kappa shape index (κ1) is 17.1. The number of aromatic nitrogens is 2. The van der Waals surface area contributed by atoms with Crippen molar-refractivity contribution >= 4 is 21.6 Å². The maximum atomic E-state index is 12.3. The van der Waals surface area contributed by atoms with Crippen molar-refractivity contribution in [2.45, 2.75) is 57.0 Å². The standard InChI is InChI=1S/C16H24N4O3S/c21-16(20-12-5-3-1-2-4-6-12)14-9-18-15(10-17-14)19-13-7-8-24(22,23)11-13/h9-10,12-13H,1-8,11H2,(H,18,19)(H,20,21). The van der Waals surface area contributed by atoms with E-state index in [4.69, 9.17) is 0 Å². The van der Waals surface area contributed by atoms with Gasteiger partial charge in [-0.05, 0) is 19.3 Å². The largest absolute Gasteiger partial charge is 0.365 e. The van der Waals surface area contributed by atoms with Gasteiger partial charge in [0.05, 0.1) is 23.9 Å². The van der Waals surface area contributed by atoms with Crippen LogP contribution in [0.3, 0.4) is 0 Å². The van der Waals surface area contributed by atoms with Gasteiger partial charge in [-0.15, -0.1) is 0 Å². The van der Waals surface area contributed by atoms with Gasteiger partial charge in [-0.2, -0.15) is 0 Å². The minimum absolute atomic E-state index is 0.124. The van der Waals surface area contributed by atoms with E-state index in [0.717, 1.165) is 25.7 Å². The second kappa shape index (κ2) is 7.46. The molecular weight excluding hydrogens is 328 g/mol. The predicted octanol–water partition coefficient (Wildman–Crippen LogP) is 1.53. The Labute approximate surface area is 142 Å². The zero-order valence-electron chi connectivity index (χ0n) is 13.7. The fourth-order valence-corrected chi connectivity index (χ4v) is 4.99. The quantitative estimate of drug-likeness (QED) is 0.797. The van der Waals surface area contributed by atoms with Crippen molar-refractivity contribution in [1.82, 2.24) is 15.3 Å². The molecule has 1 aromatic rings. The van der Waals surface area contributed by atoms with Crippen LogP contribution in [0.2, 0.25) is 0 Å². The van der Waals surface area contributed by atoms with Gasteiger partial charge in [0.15, 0.2) is 9.84 Å². The molecule has 0 spiro atoms. The third kappa shape index (κ3) is 4.66. The molecule has 132 valence electrons. The van der Waals surface area contributed by atoms with Crippen LogP contribution in [0.5, 0.6) is 0 Å². The molecule has 7 nitrogen and oxygen atoms in total. The van der Waals surface area contributed by atoms with Gasteiger partial charge in [-0.25, -0.2) is 18.4 Å². The van der Waals surface area contributed by atoms with Crippen LogP contribution in [-0.2, 0) is 9.84 Å². The molecule has 2 fully saturated rings. The molecule has 1 saturated carbocycles. The molecule has 0 aromatic carbocycles. The molecule has 2 aliphatic rings. The van der Waals surface area contributed by atoms with E-state index >= 15 is 0 Å². The number of amides is 1. The highest BCUT2D eigenvalue weighted by Crippen LogP contribution is 2.18. The summed E-state index contributed by atoms with van der Waals surface area (Å²) in [5.74, 6) is 0.644. The highest BCUT2D eigenvalue weighted by molar-refractivity contribution is 7.91. The Bertz CT molecular complexity index is 667. The summed E-state index contributed by atoms with van der Waals surface area (Å²) in [7, 11) is -2.93. The van der Waals surface area contributed by atoms with Crippen LogP contribution < -0.4 is 10.6 Å².